The molecule has 4 heteroatoms. The third-order valence-corrected chi connectivity index (χ3v) is 3.87. The van der Waals surface area contributed by atoms with Gasteiger partial charge in [-0.15, -0.1) is 0 Å². The van der Waals surface area contributed by atoms with Crippen molar-refractivity contribution in [3.05, 3.63) is 30.3 Å². The first-order chi connectivity index (χ1) is 10.1. The second-order valence-corrected chi connectivity index (χ2v) is 5.37. The molecule has 0 aliphatic carbocycles. The fraction of sp³-hybridized carbons (Fsp3) is 0.588. The Morgan fingerprint density at radius 3 is 2.38 bits per heavy atom. The van der Waals surface area contributed by atoms with E-state index >= 15 is 0 Å². The number of benzene rings is 1. The van der Waals surface area contributed by atoms with Crippen LogP contribution in [-0.2, 0) is 4.79 Å². The molecule has 1 unspecified atom stereocenters. The minimum Gasteiger partial charge on any atom is -0.360 e. The molecule has 0 bridgehead atoms. The summed E-state index contributed by atoms with van der Waals surface area (Å²) in [6.07, 6.45) is 2.80. The van der Waals surface area contributed by atoms with Gasteiger partial charge in [0.2, 0.25) is 5.91 Å². The van der Waals surface area contributed by atoms with Crippen LogP contribution in [0.15, 0.2) is 30.3 Å². The average Bonchev–Trinajstić information content (AvgIpc) is 2.53. The van der Waals surface area contributed by atoms with Crippen LogP contribution in [0.1, 0.15) is 40.0 Å². The van der Waals surface area contributed by atoms with Crippen LogP contribution in [0.5, 0.6) is 0 Å². The Bertz CT molecular complexity index is 404. The lowest BCUT2D eigenvalue weighted by Gasteiger charge is -2.31. The topological polar surface area (TPSA) is 58.4 Å². The molecule has 0 aromatic heterocycles. The van der Waals surface area contributed by atoms with Crippen LogP contribution in [0, 0.1) is 0 Å². The van der Waals surface area contributed by atoms with Crippen molar-refractivity contribution in [2.24, 2.45) is 5.73 Å². The van der Waals surface area contributed by atoms with Crippen molar-refractivity contribution in [3.63, 3.8) is 0 Å². The quantitative estimate of drug-likeness (QED) is 0.735. The van der Waals surface area contributed by atoms with Crippen LogP contribution in [-0.4, -0.2) is 31.1 Å². The molecule has 0 aliphatic heterocycles. The highest BCUT2D eigenvalue weighted by molar-refractivity contribution is 5.85. The molecule has 4 nitrogen and oxygen atoms in total. The van der Waals surface area contributed by atoms with Crippen LogP contribution in [0.25, 0.3) is 0 Å². The summed E-state index contributed by atoms with van der Waals surface area (Å²) in [5.41, 5.74) is 6.70. The molecule has 1 amide bonds. The number of hydrogen-bond donors (Lipinski definition) is 2. The van der Waals surface area contributed by atoms with Gasteiger partial charge in [0.25, 0.3) is 0 Å². The minimum atomic E-state index is -0.195. The number of anilines is 1. The summed E-state index contributed by atoms with van der Waals surface area (Å²) in [6, 6.07) is 10.1. The Morgan fingerprint density at radius 1 is 1.24 bits per heavy atom. The molecule has 1 aromatic carbocycles. The molecular weight excluding hydrogens is 262 g/mol. The Balaban J connectivity index is 2.80. The van der Waals surface area contributed by atoms with Gasteiger partial charge in [-0.05, 0) is 44.9 Å². The molecule has 0 saturated carbocycles. The van der Waals surface area contributed by atoms with Crippen molar-refractivity contribution in [1.82, 2.24) is 5.32 Å². The largest absolute Gasteiger partial charge is 0.360 e. The maximum absolute atomic E-state index is 12.5. The van der Waals surface area contributed by atoms with Gasteiger partial charge in [0, 0.05) is 18.3 Å². The Kier molecular flexibility index (Phi) is 7.83. The van der Waals surface area contributed by atoms with E-state index in [-0.39, 0.29) is 18.0 Å². The SMILES string of the molecule is CCC(CC)NC(=O)C(C)N(CCCN)c1ccccc1. The number of para-hydroxylation sites is 1. The fourth-order valence-corrected chi connectivity index (χ4v) is 2.38. The zero-order valence-corrected chi connectivity index (χ0v) is 13.5. The third kappa shape index (κ3) is 5.38. The van der Waals surface area contributed by atoms with Gasteiger partial charge >= 0.3 is 0 Å². The van der Waals surface area contributed by atoms with E-state index in [1.54, 1.807) is 0 Å². The molecule has 21 heavy (non-hydrogen) atoms. The second-order valence-electron chi connectivity index (χ2n) is 5.37. The lowest BCUT2D eigenvalue weighted by Crippen LogP contribution is -2.48. The zero-order chi connectivity index (χ0) is 15.7. The predicted molar refractivity (Wildman–Crippen MR) is 89.4 cm³/mol. The molecule has 1 rings (SSSR count). The first kappa shape index (κ1) is 17.5. The van der Waals surface area contributed by atoms with E-state index in [2.05, 4.69) is 24.1 Å². The summed E-state index contributed by atoms with van der Waals surface area (Å²) >= 11 is 0. The average molecular weight is 291 g/mol. The maximum Gasteiger partial charge on any atom is 0.242 e. The number of amides is 1. The van der Waals surface area contributed by atoms with Gasteiger partial charge in [-0.3, -0.25) is 4.79 Å². The van der Waals surface area contributed by atoms with Crippen LogP contribution in [0.3, 0.4) is 0 Å². The number of nitrogens with two attached hydrogens (primary N) is 1. The molecule has 0 fully saturated rings. The van der Waals surface area contributed by atoms with E-state index in [9.17, 15) is 4.79 Å². The molecule has 1 atom stereocenters. The number of carbonyl (C=O) groups is 1. The van der Waals surface area contributed by atoms with Gasteiger partial charge in [0.1, 0.15) is 6.04 Å². The van der Waals surface area contributed by atoms with E-state index in [1.807, 2.05) is 37.3 Å². The van der Waals surface area contributed by atoms with Crippen molar-refractivity contribution < 1.29 is 4.79 Å². The summed E-state index contributed by atoms with van der Waals surface area (Å²) in [6.45, 7) is 7.58. The summed E-state index contributed by atoms with van der Waals surface area (Å²) in [4.78, 5) is 14.6. The first-order valence-corrected chi connectivity index (χ1v) is 7.96. The molecule has 0 saturated heterocycles. The van der Waals surface area contributed by atoms with Crippen molar-refractivity contribution in [2.75, 3.05) is 18.0 Å². The van der Waals surface area contributed by atoms with E-state index in [1.165, 1.54) is 0 Å². The van der Waals surface area contributed by atoms with E-state index in [0.29, 0.717) is 6.54 Å². The van der Waals surface area contributed by atoms with E-state index in [4.69, 9.17) is 5.73 Å². The predicted octanol–water partition coefficient (Wildman–Crippen LogP) is 2.54. The van der Waals surface area contributed by atoms with Gasteiger partial charge < -0.3 is 16.0 Å². The maximum atomic E-state index is 12.5. The molecular formula is C17H29N3O. The second kappa shape index (κ2) is 9.40. The van der Waals surface area contributed by atoms with E-state index in [0.717, 1.165) is 31.5 Å². The van der Waals surface area contributed by atoms with Gasteiger partial charge in [0.15, 0.2) is 0 Å². The normalized spacial score (nSPS) is 12.2. The van der Waals surface area contributed by atoms with Crippen LogP contribution in [0.4, 0.5) is 5.69 Å². The number of nitrogens with zero attached hydrogens (tertiary/aromatic N) is 1. The summed E-state index contributed by atoms with van der Waals surface area (Å²) in [7, 11) is 0. The standard InChI is InChI=1S/C17H29N3O/c1-4-15(5-2)19-17(21)14(3)20(13-9-12-18)16-10-7-6-8-11-16/h6-8,10-11,14-15H,4-5,9,12-13,18H2,1-3H3,(H,19,21). The lowest BCUT2D eigenvalue weighted by atomic mass is 10.1. The monoisotopic (exact) mass is 291 g/mol. The molecule has 1 aromatic rings. The number of nitrogens with one attached hydrogen (secondary N) is 1. The van der Waals surface area contributed by atoms with Gasteiger partial charge in [-0.2, -0.15) is 0 Å². The highest BCUT2D eigenvalue weighted by Gasteiger charge is 2.22. The third-order valence-electron chi connectivity index (χ3n) is 3.87. The van der Waals surface area contributed by atoms with Gasteiger partial charge in [-0.1, -0.05) is 32.0 Å². The fourth-order valence-electron chi connectivity index (χ4n) is 2.38. The molecule has 0 heterocycles. The molecule has 118 valence electrons. The summed E-state index contributed by atoms with van der Waals surface area (Å²) in [5.74, 6) is 0.0876. The van der Waals surface area contributed by atoms with Crippen LogP contribution >= 0.6 is 0 Å². The van der Waals surface area contributed by atoms with Crippen molar-refractivity contribution >= 4 is 11.6 Å². The van der Waals surface area contributed by atoms with Gasteiger partial charge in [0.05, 0.1) is 0 Å². The molecule has 0 spiro atoms. The first-order valence-electron chi connectivity index (χ1n) is 7.96. The molecule has 0 radical (unpaired) electrons. The molecule has 3 N–H and O–H groups in total. The number of hydrogen-bond acceptors (Lipinski definition) is 3. The summed E-state index contributed by atoms with van der Waals surface area (Å²) in [5, 5.41) is 3.13. The van der Waals surface area contributed by atoms with Crippen molar-refractivity contribution in [1.29, 1.82) is 0 Å². The minimum absolute atomic E-state index is 0.0876. The van der Waals surface area contributed by atoms with E-state index < -0.39 is 0 Å². The van der Waals surface area contributed by atoms with Crippen molar-refractivity contribution in [2.45, 2.75) is 52.1 Å². The Morgan fingerprint density at radius 2 is 1.86 bits per heavy atom. The van der Waals surface area contributed by atoms with Crippen LogP contribution in [0.2, 0.25) is 0 Å². The Labute approximate surface area is 128 Å². The summed E-state index contributed by atoms with van der Waals surface area (Å²) < 4.78 is 0. The number of rotatable bonds is 9. The van der Waals surface area contributed by atoms with Crippen molar-refractivity contribution in [3.8, 4) is 0 Å². The van der Waals surface area contributed by atoms with Crippen LogP contribution < -0.4 is 16.0 Å². The van der Waals surface area contributed by atoms with Gasteiger partial charge in [-0.25, -0.2) is 0 Å². The lowest BCUT2D eigenvalue weighted by molar-refractivity contribution is -0.122. The highest BCUT2D eigenvalue weighted by Crippen LogP contribution is 2.17. The zero-order valence-electron chi connectivity index (χ0n) is 13.5. The number of carbonyl (C=O) groups excluding carboxylic acids is 1. The molecule has 0 aliphatic rings. The smallest absolute Gasteiger partial charge is 0.242 e. The Hall–Kier alpha value is -1.55. The highest BCUT2D eigenvalue weighted by atomic mass is 16.2.